The predicted molar refractivity (Wildman–Crippen MR) is 140 cm³/mol. The average Bonchev–Trinajstić information content (AvgIpc) is 3.40. The van der Waals surface area contributed by atoms with E-state index in [9.17, 15) is 9.59 Å². The summed E-state index contributed by atoms with van der Waals surface area (Å²) in [7, 11) is 1.55. The molecule has 0 aliphatic carbocycles. The van der Waals surface area contributed by atoms with Gasteiger partial charge in [-0.05, 0) is 66.8 Å². The lowest BCUT2D eigenvalue weighted by Crippen LogP contribution is -2.36. The Morgan fingerprint density at radius 2 is 1.89 bits per heavy atom. The van der Waals surface area contributed by atoms with Gasteiger partial charge in [-0.25, -0.2) is 4.98 Å². The van der Waals surface area contributed by atoms with Gasteiger partial charge in [-0.15, -0.1) is 10.2 Å². The average molecular weight is 510 g/mol. The second kappa shape index (κ2) is 10.0. The summed E-state index contributed by atoms with van der Waals surface area (Å²) in [5, 5.41) is 11.6. The highest BCUT2D eigenvalue weighted by Gasteiger charge is 2.26. The summed E-state index contributed by atoms with van der Waals surface area (Å²) in [6.45, 7) is 1.82. The van der Waals surface area contributed by atoms with Crippen LogP contribution in [0.15, 0.2) is 54.7 Å². The van der Waals surface area contributed by atoms with Gasteiger partial charge in [-0.1, -0.05) is 12.1 Å². The number of pyridine rings is 2. The number of nitrogens with zero attached hydrogens (tertiary/aromatic N) is 6. The Balaban J connectivity index is 1.24. The zero-order valence-corrected chi connectivity index (χ0v) is 21.1. The molecule has 4 aromatic rings. The molecule has 2 aliphatic heterocycles. The van der Waals surface area contributed by atoms with E-state index in [2.05, 4.69) is 30.0 Å². The fraction of sp³-hybridized carbons (Fsp3) is 0.286. The molecule has 5 heterocycles. The van der Waals surface area contributed by atoms with Crippen LogP contribution in [0.3, 0.4) is 0 Å². The highest BCUT2D eigenvalue weighted by Crippen LogP contribution is 2.29. The minimum Gasteiger partial charge on any atom is -0.496 e. The van der Waals surface area contributed by atoms with Gasteiger partial charge in [-0.3, -0.25) is 14.6 Å². The molecule has 1 aromatic carbocycles. The van der Waals surface area contributed by atoms with E-state index >= 15 is 0 Å². The number of nitrogens with one attached hydrogen (secondary N) is 1. The molecular formula is C28H27N7O3. The number of aromatic nitrogens is 5. The van der Waals surface area contributed by atoms with Gasteiger partial charge in [0.15, 0.2) is 5.82 Å². The highest BCUT2D eigenvalue weighted by molar-refractivity contribution is 6.06. The third-order valence-corrected chi connectivity index (χ3v) is 7.03. The number of ether oxygens (including phenoxy) is 1. The molecule has 10 heteroatoms. The van der Waals surface area contributed by atoms with E-state index in [1.807, 2.05) is 18.2 Å². The molecule has 0 bridgehead atoms. The van der Waals surface area contributed by atoms with Crippen LogP contribution in [0.4, 0.5) is 5.82 Å². The van der Waals surface area contributed by atoms with E-state index in [0.29, 0.717) is 53.9 Å². The van der Waals surface area contributed by atoms with Crippen LogP contribution in [0.25, 0.3) is 11.5 Å². The van der Waals surface area contributed by atoms with E-state index in [0.717, 1.165) is 42.8 Å². The number of fused-ring (bicyclic) bond motifs is 2. The van der Waals surface area contributed by atoms with Gasteiger partial charge >= 0.3 is 0 Å². The molecule has 0 unspecified atom stereocenters. The van der Waals surface area contributed by atoms with E-state index in [1.165, 1.54) is 0 Å². The fourth-order valence-corrected chi connectivity index (χ4v) is 5.07. The van der Waals surface area contributed by atoms with Crippen molar-refractivity contribution in [3.05, 3.63) is 82.9 Å². The Morgan fingerprint density at radius 1 is 0.974 bits per heavy atom. The second-order valence-corrected chi connectivity index (χ2v) is 9.42. The Hall–Kier alpha value is -4.60. The number of benzene rings is 1. The zero-order valence-electron chi connectivity index (χ0n) is 21.1. The Morgan fingerprint density at radius 3 is 2.74 bits per heavy atom. The van der Waals surface area contributed by atoms with Crippen LogP contribution < -0.4 is 10.1 Å². The third kappa shape index (κ3) is 4.49. The second-order valence-electron chi connectivity index (χ2n) is 9.42. The molecule has 192 valence electrons. The molecule has 2 amide bonds. The predicted octanol–water partition coefficient (Wildman–Crippen LogP) is 3.53. The maximum atomic E-state index is 13.4. The van der Waals surface area contributed by atoms with Crippen molar-refractivity contribution in [2.75, 3.05) is 19.0 Å². The number of methoxy groups -OCH3 is 1. The van der Waals surface area contributed by atoms with Crippen molar-refractivity contribution < 1.29 is 14.3 Å². The first-order valence-electron chi connectivity index (χ1n) is 12.7. The largest absolute Gasteiger partial charge is 0.496 e. The lowest BCUT2D eigenvalue weighted by atomic mass is 9.96. The quantitative estimate of drug-likeness (QED) is 0.438. The number of hydrogen-bond donors (Lipinski definition) is 1. The van der Waals surface area contributed by atoms with Gasteiger partial charge in [0, 0.05) is 32.3 Å². The number of amides is 2. The summed E-state index contributed by atoms with van der Waals surface area (Å²) in [4.78, 5) is 36.9. The SMILES string of the molecule is COc1cc2c(cc1C(=O)Nc1cccc(-c3nnc4n3CCCC4)n1)CN(C(=O)c1ccccn1)CC2. The normalized spacial score (nSPS) is 14.4. The Kier molecular flexibility index (Phi) is 6.28. The lowest BCUT2D eigenvalue weighted by molar-refractivity contribution is 0.0728. The van der Waals surface area contributed by atoms with Gasteiger partial charge in [-0.2, -0.15) is 0 Å². The van der Waals surface area contributed by atoms with Crippen LogP contribution in [-0.2, 0) is 25.9 Å². The maximum Gasteiger partial charge on any atom is 0.272 e. The van der Waals surface area contributed by atoms with Crippen LogP contribution in [-0.4, -0.2) is 55.1 Å². The van der Waals surface area contributed by atoms with E-state index in [1.54, 1.807) is 48.5 Å². The van der Waals surface area contributed by atoms with Crippen LogP contribution in [0.2, 0.25) is 0 Å². The van der Waals surface area contributed by atoms with Gasteiger partial charge in [0.2, 0.25) is 0 Å². The van der Waals surface area contributed by atoms with Crippen LogP contribution in [0.1, 0.15) is 50.6 Å². The van der Waals surface area contributed by atoms with Crippen molar-refractivity contribution in [1.82, 2.24) is 29.6 Å². The van der Waals surface area contributed by atoms with Crippen molar-refractivity contribution in [3.63, 3.8) is 0 Å². The molecule has 0 saturated heterocycles. The fourth-order valence-electron chi connectivity index (χ4n) is 5.07. The number of aryl methyl sites for hydroxylation is 1. The topological polar surface area (TPSA) is 115 Å². The van der Waals surface area contributed by atoms with Gasteiger partial charge < -0.3 is 19.5 Å². The van der Waals surface area contributed by atoms with Gasteiger partial charge in [0.25, 0.3) is 11.8 Å². The van der Waals surface area contributed by atoms with E-state index in [4.69, 9.17) is 4.74 Å². The molecule has 6 rings (SSSR count). The summed E-state index contributed by atoms with van der Waals surface area (Å²) in [6.07, 6.45) is 5.38. The Bertz CT molecular complexity index is 1520. The van der Waals surface area contributed by atoms with Crippen LogP contribution in [0, 0.1) is 0 Å². The van der Waals surface area contributed by atoms with E-state index < -0.39 is 0 Å². The van der Waals surface area contributed by atoms with Crippen molar-refractivity contribution >= 4 is 17.6 Å². The molecule has 1 N–H and O–H groups in total. The van der Waals surface area contributed by atoms with Gasteiger partial charge in [0.1, 0.15) is 28.8 Å². The zero-order chi connectivity index (χ0) is 26.1. The molecule has 3 aromatic heterocycles. The molecule has 0 spiro atoms. The molecule has 0 fully saturated rings. The highest BCUT2D eigenvalue weighted by atomic mass is 16.5. The summed E-state index contributed by atoms with van der Waals surface area (Å²) >= 11 is 0. The van der Waals surface area contributed by atoms with Crippen LogP contribution in [0.5, 0.6) is 5.75 Å². The van der Waals surface area contributed by atoms with Crippen molar-refractivity contribution in [2.24, 2.45) is 0 Å². The summed E-state index contributed by atoms with van der Waals surface area (Å²) in [5.74, 6) is 2.10. The smallest absolute Gasteiger partial charge is 0.272 e. The summed E-state index contributed by atoms with van der Waals surface area (Å²) in [6, 6.07) is 14.4. The number of rotatable bonds is 5. The molecular weight excluding hydrogens is 482 g/mol. The first-order chi connectivity index (χ1) is 18.6. The lowest BCUT2D eigenvalue weighted by Gasteiger charge is -2.29. The Labute approximate surface area is 219 Å². The number of carbonyl (C=O) groups is 2. The van der Waals surface area contributed by atoms with E-state index in [-0.39, 0.29) is 11.8 Å². The van der Waals surface area contributed by atoms with Gasteiger partial charge in [0.05, 0.1) is 12.7 Å². The number of carbonyl (C=O) groups excluding carboxylic acids is 2. The molecule has 0 saturated carbocycles. The minimum absolute atomic E-state index is 0.130. The van der Waals surface area contributed by atoms with Crippen molar-refractivity contribution in [2.45, 2.75) is 38.8 Å². The summed E-state index contributed by atoms with van der Waals surface area (Å²) in [5.41, 5.74) is 3.40. The maximum absolute atomic E-state index is 13.4. The van der Waals surface area contributed by atoms with Crippen molar-refractivity contribution in [1.29, 1.82) is 0 Å². The number of anilines is 1. The molecule has 2 aliphatic rings. The summed E-state index contributed by atoms with van der Waals surface area (Å²) < 4.78 is 7.66. The third-order valence-electron chi connectivity index (χ3n) is 7.03. The minimum atomic E-state index is -0.342. The standard InChI is InChI=1S/C28H27N7O3/c1-38-23-16-18-11-14-34(28(37)22-7-2-4-12-29-22)17-19(18)15-20(23)27(36)31-24-9-6-8-21(30-24)26-33-32-25-10-3-5-13-35(25)26/h2,4,6-9,12,15-16H,3,5,10-11,13-14,17H2,1H3,(H,30,31,36). The first-order valence-corrected chi connectivity index (χ1v) is 12.7. The monoisotopic (exact) mass is 509 g/mol. The number of hydrogen-bond acceptors (Lipinski definition) is 7. The van der Waals surface area contributed by atoms with Crippen LogP contribution >= 0.6 is 0 Å². The van der Waals surface area contributed by atoms with Crippen molar-refractivity contribution in [3.8, 4) is 17.3 Å². The first kappa shape index (κ1) is 23.8. The molecule has 10 nitrogen and oxygen atoms in total. The molecule has 38 heavy (non-hydrogen) atoms. The molecule has 0 atom stereocenters. The molecule has 0 radical (unpaired) electrons.